The number of hydrogen-bond acceptors (Lipinski definition) is 7. The molecule has 10 nitrogen and oxygen atoms in total. The van der Waals surface area contributed by atoms with Gasteiger partial charge in [-0.3, -0.25) is 9.59 Å². The Morgan fingerprint density at radius 2 is 1.80 bits per heavy atom. The van der Waals surface area contributed by atoms with E-state index >= 15 is 0 Å². The van der Waals surface area contributed by atoms with E-state index in [1.54, 1.807) is 31.2 Å². The van der Waals surface area contributed by atoms with E-state index in [9.17, 15) is 24.3 Å². The Morgan fingerprint density at radius 3 is 2.37 bits per heavy atom. The normalized spacial score (nSPS) is 13.7. The van der Waals surface area contributed by atoms with Crippen LogP contribution in [0, 0.1) is 0 Å². The molecular formula is C20H27N3O7. The third kappa shape index (κ3) is 9.20. The molecule has 0 aliphatic rings. The quantitative estimate of drug-likeness (QED) is 0.292. The topological polar surface area (TPSA) is 157 Å². The summed E-state index contributed by atoms with van der Waals surface area (Å²) in [4.78, 5) is 47.3. The van der Waals surface area contributed by atoms with Crippen molar-refractivity contribution in [1.82, 2.24) is 10.6 Å². The van der Waals surface area contributed by atoms with Crippen LogP contribution in [0.5, 0.6) is 0 Å². The average Bonchev–Trinajstić information content (AvgIpc) is 2.70. The predicted octanol–water partition coefficient (Wildman–Crippen LogP) is 0.142. The molecule has 0 saturated carbocycles. The largest absolute Gasteiger partial charge is 0.463 e. The van der Waals surface area contributed by atoms with Gasteiger partial charge >= 0.3 is 12.1 Å². The first kappa shape index (κ1) is 24.6. The Labute approximate surface area is 174 Å². The first-order chi connectivity index (χ1) is 14.2. The number of carbonyl (C=O) groups excluding carboxylic acids is 4. The Morgan fingerprint density at radius 1 is 1.13 bits per heavy atom. The fourth-order valence-electron chi connectivity index (χ4n) is 2.30. The van der Waals surface area contributed by atoms with Crippen molar-refractivity contribution >= 4 is 23.9 Å². The first-order valence-corrected chi connectivity index (χ1v) is 9.32. The van der Waals surface area contributed by atoms with E-state index in [1.165, 1.54) is 13.0 Å². The van der Waals surface area contributed by atoms with Crippen molar-refractivity contribution in [3.63, 3.8) is 0 Å². The van der Waals surface area contributed by atoms with Crippen molar-refractivity contribution in [2.24, 2.45) is 5.73 Å². The third-order valence-electron chi connectivity index (χ3n) is 3.82. The number of nitrogens with one attached hydrogen (secondary N) is 2. The number of carbonyl (C=O) groups is 4. The maximum absolute atomic E-state index is 12.4. The number of primary amides is 1. The molecule has 3 amide bonds. The number of hydrogen-bond donors (Lipinski definition) is 4. The van der Waals surface area contributed by atoms with Crippen LogP contribution in [0.15, 0.2) is 42.5 Å². The lowest BCUT2D eigenvalue weighted by molar-refractivity contribution is -0.137. The number of aliphatic hydroxyl groups is 1. The molecule has 1 aromatic rings. The smallest absolute Gasteiger partial charge is 0.408 e. The number of rotatable bonds is 11. The maximum atomic E-state index is 12.4. The van der Waals surface area contributed by atoms with Crippen LogP contribution in [0.1, 0.15) is 25.8 Å². The van der Waals surface area contributed by atoms with Gasteiger partial charge in [-0.1, -0.05) is 36.4 Å². The van der Waals surface area contributed by atoms with Gasteiger partial charge in [0.05, 0.1) is 12.7 Å². The number of benzene rings is 1. The van der Waals surface area contributed by atoms with E-state index in [0.717, 1.165) is 11.6 Å². The minimum atomic E-state index is -1.39. The van der Waals surface area contributed by atoms with Crippen LogP contribution < -0.4 is 16.4 Å². The Bertz CT molecular complexity index is 750. The summed E-state index contributed by atoms with van der Waals surface area (Å²) in [5, 5.41) is 14.4. The fourth-order valence-corrected chi connectivity index (χ4v) is 2.30. The van der Waals surface area contributed by atoms with Crippen LogP contribution in [0.4, 0.5) is 4.79 Å². The zero-order valence-electron chi connectivity index (χ0n) is 16.9. The molecule has 0 radical (unpaired) electrons. The van der Waals surface area contributed by atoms with E-state index in [4.69, 9.17) is 15.2 Å². The van der Waals surface area contributed by atoms with Gasteiger partial charge in [-0.05, 0) is 25.8 Å². The molecule has 10 heteroatoms. The van der Waals surface area contributed by atoms with Gasteiger partial charge in [-0.25, -0.2) is 9.59 Å². The SMILES string of the molecule is CCOC(=O)/C=C/C[C@H](NC(=O)[C@@H](NC(=O)OCc1ccccc1)[C@@H](C)O)C(N)=O. The highest BCUT2D eigenvalue weighted by molar-refractivity contribution is 5.91. The average molecular weight is 421 g/mol. The van der Waals surface area contributed by atoms with E-state index in [0.29, 0.717) is 0 Å². The lowest BCUT2D eigenvalue weighted by Gasteiger charge is -2.23. The summed E-state index contributed by atoms with van der Waals surface area (Å²) in [7, 11) is 0. The second-order valence-corrected chi connectivity index (χ2v) is 6.28. The molecule has 1 rings (SSSR count). The molecule has 0 fully saturated rings. The lowest BCUT2D eigenvalue weighted by Crippen LogP contribution is -2.56. The molecular weight excluding hydrogens is 394 g/mol. The molecule has 0 unspecified atom stereocenters. The van der Waals surface area contributed by atoms with Crippen molar-refractivity contribution in [2.75, 3.05) is 6.61 Å². The van der Waals surface area contributed by atoms with Gasteiger partial charge < -0.3 is 30.9 Å². The van der Waals surface area contributed by atoms with Crippen LogP contribution in [-0.4, -0.2) is 53.8 Å². The summed E-state index contributed by atoms with van der Waals surface area (Å²) in [6, 6.07) is 6.34. The lowest BCUT2D eigenvalue weighted by atomic mass is 10.1. The second-order valence-electron chi connectivity index (χ2n) is 6.28. The Balaban J connectivity index is 2.65. The Hall–Kier alpha value is -3.40. The van der Waals surface area contributed by atoms with Crippen molar-refractivity contribution in [2.45, 2.75) is 45.1 Å². The zero-order valence-corrected chi connectivity index (χ0v) is 16.9. The van der Waals surface area contributed by atoms with Gasteiger partial charge in [0.2, 0.25) is 11.8 Å². The molecule has 0 aliphatic heterocycles. The van der Waals surface area contributed by atoms with Crippen LogP contribution in [0.3, 0.4) is 0 Å². The summed E-state index contributed by atoms with van der Waals surface area (Å²) in [5.41, 5.74) is 6.02. The highest BCUT2D eigenvalue weighted by Crippen LogP contribution is 2.03. The molecule has 0 heterocycles. The molecule has 3 atom stereocenters. The Kier molecular flexibility index (Phi) is 10.6. The number of aliphatic hydroxyl groups excluding tert-OH is 1. The van der Waals surface area contributed by atoms with Crippen LogP contribution in [0.25, 0.3) is 0 Å². The third-order valence-corrected chi connectivity index (χ3v) is 3.82. The minimum Gasteiger partial charge on any atom is -0.463 e. The second kappa shape index (κ2) is 12.9. The van der Waals surface area contributed by atoms with Gasteiger partial charge in [0.1, 0.15) is 18.7 Å². The molecule has 30 heavy (non-hydrogen) atoms. The molecule has 164 valence electrons. The van der Waals surface area contributed by atoms with Crippen molar-refractivity contribution in [3.8, 4) is 0 Å². The number of alkyl carbamates (subject to hydrolysis) is 1. The highest BCUT2D eigenvalue weighted by atomic mass is 16.5. The van der Waals surface area contributed by atoms with Crippen molar-refractivity contribution in [1.29, 1.82) is 0 Å². The van der Waals surface area contributed by atoms with Crippen LogP contribution in [-0.2, 0) is 30.5 Å². The summed E-state index contributed by atoms with van der Waals surface area (Å²) in [6.45, 7) is 3.11. The maximum Gasteiger partial charge on any atom is 0.408 e. The van der Waals surface area contributed by atoms with Crippen LogP contribution in [0.2, 0.25) is 0 Å². The van der Waals surface area contributed by atoms with E-state index in [1.807, 2.05) is 6.07 Å². The van der Waals surface area contributed by atoms with Crippen molar-refractivity contribution < 1.29 is 33.8 Å². The number of amides is 3. The molecule has 0 bridgehead atoms. The molecule has 5 N–H and O–H groups in total. The molecule has 0 aliphatic carbocycles. The summed E-state index contributed by atoms with van der Waals surface area (Å²) < 4.78 is 9.74. The summed E-state index contributed by atoms with van der Waals surface area (Å²) in [6.07, 6.45) is 0.157. The standard InChI is InChI=1S/C20H27N3O7/c1-3-29-16(25)11-7-10-15(18(21)26)22-19(27)17(13(2)24)23-20(28)30-12-14-8-5-4-6-9-14/h4-9,11,13,15,17,24H,3,10,12H2,1-2H3,(H2,21,26)(H,22,27)(H,23,28)/b11-7+/t13-,15+,17+/m1/s1. The molecule has 0 saturated heterocycles. The van der Waals surface area contributed by atoms with Crippen molar-refractivity contribution in [3.05, 3.63) is 48.0 Å². The monoisotopic (exact) mass is 421 g/mol. The van der Waals surface area contributed by atoms with Gasteiger partial charge in [0, 0.05) is 6.08 Å². The number of nitrogens with two attached hydrogens (primary N) is 1. The fraction of sp³-hybridized carbons (Fsp3) is 0.400. The van der Waals surface area contributed by atoms with E-state index in [2.05, 4.69) is 10.6 Å². The number of esters is 1. The number of ether oxygens (including phenoxy) is 2. The molecule has 1 aromatic carbocycles. The van der Waals surface area contributed by atoms with Gasteiger partial charge in [-0.2, -0.15) is 0 Å². The predicted molar refractivity (Wildman–Crippen MR) is 107 cm³/mol. The first-order valence-electron chi connectivity index (χ1n) is 9.32. The molecule has 0 spiro atoms. The zero-order chi connectivity index (χ0) is 22.5. The van der Waals surface area contributed by atoms with E-state index < -0.39 is 42.1 Å². The van der Waals surface area contributed by atoms with Gasteiger partial charge in [-0.15, -0.1) is 0 Å². The summed E-state index contributed by atoms with van der Waals surface area (Å²) >= 11 is 0. The van der Waals surface area contributed by atoms with Gasteiger partial charge in [0.25, 0.3) is 0 Å². The summed E-state index contributed by atoms with van der Waals surface area (Å²) in [5.74, 6) is -2.29. The minimum absolute atomic E-state index is 0.0244. The van der Waals surface area contributed by atoms with E-state index in [-0.39, 0.29) is 19.6 Å². The van der Waals surface area contributed by atoms with Gasteiger partial charge in [0.15, 0.2) is 0 Å². The highest BCUT2D eigenvalue weighted by Gasteiger charge is 2.29. The molecule has 0 aromatic heterocycles. The van der Waals surface area contributed by atoms with Crippen LogP contribution >= 0.6 is 0 Å².